The van der Waals surface area contributed by atoms with Crippen molar-refractivity contribution >= 4 is 11.6 Å². The first-order valence-corrected chi connectivity index (χ1v) is 7.02. The first kappa shape index (κ1) is 13.9. The second kappa shape index (κ2) is 6.57. The molecule has 0 bridgehead atoms. The topological polar surface area (TPSA) is 44.4 Å². The fourth-order valence-electron chi connectivity index (χ4n) is 2.38. The van der Waals surface area contributed by atoms with E-state index in [0.717, 1.165) is 43.7 Å². The van der Waals surface area contributed by atoms with Crippen LogP contribution in [0.25, 0.3) is 0 Å². The second-order valence-electron chi connectivity index (χ2n) is 5.23. The van der Waals surface area contributed by atoms with E-state index in [1.165, 1.54) is 0 Å². The van der Waals surface area contributed by atoms with Gasteiger partial charge in [-0.05, 0) is 44.6 Å². The number of nitrogens with zero attached hydrogens (tertiary/aromatic N) is 1. The summed E-state index contributed by atoms with van der Waals surface area (Å²) in [6.07, 6.45) is 2.11. The maximum atomic E-state index is 11.9. The van der Waals surface area contributed by atoms with Gasteiger partial charge in [0, 0.05) is 30.4 Å². The fourth-order valence-corrected chi connectivity index (χ4v) is 2.38. The van der Waals surface area contributed by atoms with E-state index >= 15 is 0 Å². The van der Waals surface area contributed by atoms with Gasteiger partial charge >= 0.3 is 0 Å². The zero-order chi connectivity index (χ0) is 13.7. The summed E-state index contributed by atoms with van der Waals surface area (Å²) in [5, 5.41) is 6.40. The van der Waals surface area contributed by atoms with Crippen LogP contribution in [0.3, 0.4) is 0 Å². The number of carbonyl (C=O) groups is 1. The average Bonchev–Trinajstić information content (AvgIpc) is 2.81. The molecule has 2 N–H and O–H groups in total. The minimum absolute atomic E-state index is 0.00837. The highest BCUT2D eigenvalue weighted by Crippen LogP contribution is 2.16. The zero-order valence-corrected chi connectivity index (χ0v) is 11.8. The molecule has 0 radical (unpaired) electrons. The predicted molar refractivity (Wildman–Crippen MR) is 78.6 cm³/mol. The first-order chi connectivity index (χ1) is 9.19. The minimum atomic E-state index is 0.00837. The van der Waals surface area contributed by atoms with E-state index in [0.29, 0.717) is 6.04 Å². The van der Waals surface area contributed by atoms with Gasteiger partial charge in [0.25, 0.3) is 5.91 Å². The summed E-state index contributed by atoms with van der Waals surface area (Å²) < 4.78 is 0. The molecule has 19 heavy (non-hydrogen) atoms. The molecule has 4 heteroatoms. The summed E-state index contributed by atoms with van der Waals surface area (Å²) in [5.74, 6) is 0.00837. The van der Waals surface area contributed by atoms with Crippen molar-refractivity contribution in [2.45, 2.75) is 25.8 Å². The Bertz CT molecular complexity index is 433. The monoisotopic (exact) mass is 261 g/mol. The van der Waals surface area contributed by atoms with Crippen molar-refractivity contribution in [1.82, 2.24) is 10.2 Å². The van der Waals surface area contributed by atoms with Crippen molar-refractivity contribution in [2.75, 3.05) is 32.0 Å². The van der Waals surface area contributed by atoms with E-state index < -0.39 is 0 Å². The average molecular weight is 261 g/mol. The molecule has 1 amide bonds. The molecule has 1 atom stereocenters. The molecule has 0 saturated carbocycles. The summed E-state index contributed by atoms with van der Waals surface area (Å²) in [6, 6.07) is 8.23. The summed E-state index contributed by atoms with van der Waals surface area (Å²) in [6.45, 7) is 4.97. The molecule has 0 spiro atoms. The number of anilines is 1. The summed E-state index contributed by atoms with van der Waals surface area (Å²) in [5.41, 5.74) is 1.76. The molecule has 1 saturated heterocycles. The quantitative estimate of drug-likeness (QED) is 0.851. The van der Waals surface area contributed by atoms with E-state index in [-0.39, 0.29) is 5.91 Å². The van der Waals surface area contributed by atoms with Gasteiger partial charge in [0.1, 0.15) is 0 Å². The Morgan fingerprint density at radius 1 is 1.47 bits per heavy atom. The van der Waals surface area contributed by atoms with Gasteiger partial charge in [-0.1, -0.05) is 13.0 Å². The largest absolute Gasteiger partial charge is 0.381 e. The highest BCUT2D eigenvalue weighted by atomic mass is 16.1. The predicted octanol–water partition coefficient (Wildman–Crippen LogP) is 1.94. The van der Waals surface area contributed by atoms with Crippen LogP contribution < -0.4 is 10.6 Å². The number of hydrogen-bond donors (Lipinski definition) is 2. The van der Waals surface area contributed by atoms with Gasteiger partial charge in [0.2, 0.25) is 0 Å². The number of rotatable bonds is 5. The lowest BCUT2D eigenvalue weighted by atomic mass is 10.1. The minimum Gasteiger partial charge on any atom is -0.381 e. The lowest BCUT2D eigenvalue weighted by Crippen LogP contribution is -2.25. The van der Waals surface area contributed by atoms with Crippen LogP contribution >= 0.6 is 0 Å². The molecular weight excluding hydrogens is 238 g/mol. The molecule has 1 aliphatic heterocycles. The van der Waals surface area contributed by atoms with Crippen LogP contribution in [0.2, 0.25) is 0 Å². The van der Waals surface area contributed by atoms with Crippen LogP contribution in [0.5, 0.6) is 0 Å². The number of carbonyl (C=O) groups excluding carboxylic acids is 1. The van der Waals surface area contributed by atoms with Crippen molar-refractivity contribution in [3.63, 3.8) is 0 Å². The van der Waals surface area contributed by atoms with Crippen molar-refractivity contribution in [3.8, 4) is 0 Å². The molecule has 1 heterocycles. The maximum absolute atomic E-state index is 11.9. The van der Waals surface area contributed by atoms with Gasteiger partial charge in [0.05, 0.1) is 0 Å². The molecule has 1 aromatic carbocycles. The van der Waals surface area contributed by atoms with Crippen molar-refractivity contribution < 1.29 is 4.79 Å². The normalized spacial score (nSPS) is 19.4. The first-order valence-electron chi connectivity index (χ1n) is 7.02. The number of amides is 1. The molecule has 0 aromatic heterocycles. The van der Waals surface area contributed by atoms with Crippen LogP contribution in [0.4, 0.5) is 5.69 Å². The Kier molecular flexibility index (Phi) is 4.80. The Balaban J connectivity index is 1.96. The number of hydrogen-bond acceptors (Lipinski definition) is 3. The van der Waals surface area contributed by atoms with Crippen LogP contribution in [-0.4, -0.2) is 43.5 Å². The van der Waals surface area contributed by atoms with Gasteiger partial charge in [0.15, 0.2) is 0 Å². The van der Waals surface area contributed by atoms with Crippen LogP contribution in [0, 0.1) is 0 Å². The second-order valence-corrected chi connectivity index (χ2v) is 5.23. The molecule has 1 fully saturated rings. The lowest BCUT2D eigenvalue weighted by molar-refractivity contribution is 0.0953. The fraction of sp³-hybridized carbons (Fsp3) is 0.533. The summed E-state index contributed by atoms with van der Waals surface area (Å²) in [4.78, 5) is 14.2. The Morgan fingerprint density at radius 2 is 2.32 bits per heavy atom. The van der Waals surface area contributed by atoms with Crippen LogP contribution in [0.15, 0.2) is 24.3 Å². The highest BCUT2D eigenvalue weighted by Gasteiger charge is 2.19. The van der Waals surface area contributed by atoms with Gasteiger partial charge in [-0.25, -0.2) is 0 Å². The molecule has 104 valence electrons. The molecular formula is C15H23N3O. The third kappa shape index (κ3) is 3.96. The lowest BCUT2D eigenvalue weighted by Gasteiger charge is -2.15. The summed E-state index contributed by atoms with van der Waals surface area (Å²) >= 11 is 0. The van der Waals surface area contributed by atoms with E-state index in [9.17, 15) is 4.79 Å². The van der Waals surface area contributed by atoms with E-state index in [1.807, 2.05) is 24.3 Å². The number of likely N-dealkylation sites (tertiary alicyclic amines) is 1. The Hall–Kier alpha value is -1.55. The van der Waals surface area contributed by atoms with Gasteiger partial charge < -0.3 is 15.5 Å². The standard InChI is InChI=1S/C15H23N3O/c1-3-8-16-15(19)12-5-4-6-13(10-12)17-14-7-9-18(2)11-14/h4-6,10,14,17H,3,7-9,11H2,1-2H3,(H,16,19). The molecule has 1 unspecified atom stereocenters. The SMILES string of the molecule is CCCNC(=O)c1cccc(NC2CCN(C)C2)c1. The zero-order valence-electron chi connectivity index (χ0n) is 11.8. The van der Waals surface area contributed by atoms with Crippen LogP contribution in [-0.2, 0) is 0 Å². The molecule has 1 aliphatic rings. The third-order valence-electron chi connectivity index (χ3n) is 3.42. The molecule has 2 rings (SSSR count). The molecule has 1 aromatic rings. The number of likely N-dealkylation sites (N-methyl/N-ethyl adjacent to an activating group) is 1. The van der Waals surface area contributed by atoms with Gasteiger partial charge in [-0.2, -0.15) is 0 Å². The summed E-state index contributed by atoms with van der Waals surface area (Å²) in [7, 11) is 2.14. The van der Waals surface area contributed by atoms with E-state index in [1.54, 1.807) is 0 Å². The van der Waals surface area contributed by atoms with Crippen molar-refractivity contribution in [1.29, 1.82) is 0 Å². The third-order valence-corrected chi connectivity index (χ3v) is 3.42. The van der Waals surface area contributed by atoms with Crippen molar-refractivity contribution in [2.24, 2.45) is 0 Å². The van der Waals surface area contributed by atoms with Gasteiger partial charge in [-0.3, -0.25) is 4.79 Å². The van der Waals surface area contributed by atoms with Crippen molar-refractivity contribution in [3.05, 3.63) is 29.8 Å². The number of nitrogens with one attached hydrogen (secondary N) is 2. The maximum Gasteiger partial charge on any atom is 0.251 e. The van der Waals surface area contributed by atoms with Crippen LogP contribution in [0.1, 0.15) is 30.1 Å². The smallest absolute Gasteiger partial charge is 0.251 e. The highest BCUT2D eigenvalue weighted by molar-refractivity contribution is 5.95. The number of benzene rings is 1. The Labute approximate surface area is 115 Å². The van der Waals surface area contributed by atoms with Gasteiger partial charge in [-0.15, -0.1) is 0 Å². The Morgan fingerprint density at radius 3 is 3.00 bits per heavy atom. The molecule has 0 aliphatic carbocycles. The van der Waals surface area contributed by atoms with E-state index in [2.05, 4.69) is 29.5 Å². The molecule has 4 nitrogen and oxygen atoms in total. The van der Waals surface area contributed by atoms with E-state index in [4.69, 9.17) is 0 Å².